The molecule has 0 aliphatic carbocycles. The topological polar surface area (TPSA) is 72.1 Å². The highest BCUT2D eigenvalue weighted by molar-refractivity contribution is 4.49. The van der Waals surface area contributed by atoms with Gasteiger partial charge < -0.3 is 20.9 Å². The lowest BCUT2D eigenvalue weighted by molar-refractivity contribution is -0.424. The monoisotopic (exact) mass is 177 g/mol. The van der Waals surface area contributed by atoms with Crippen molar-refractivity contribution in [2.75, 3.05) is 13.2 Å². The van der Waals surface area contributed by atoms with Crippen molar-refractivity contribution in [2.24, 2.45) is 5.73 Å². The Labute approximate surface area is 74.2 Å². The third-order valence-corrected chi connectivity index (χ3v) is 1.21. The van der Waals surface area contributed by atoms with Gasteiger partial charge in [0.15, 0.2) is 6.29 Å². The van der Waals surface area contributed by atoms with Gasteiger partial charge in [0.1, 0.15) is 12.6 Å². The number of nitrogens with two attached hydrogens (primary N) is 1. The Morgan fingerprint density at radius 2 is 1.67 bits per heavy atom. The van der Waals surface area contributed by atoms with E-state index in [2.05, 4.69) is 5.73 Å². The first-order valence-electron chi connectivity index (χ1n) is 4.34. The fourth-order valence-corrected chi connectivity index (χ4v) is 0.635. The fraction of sp³-hybridized carbons (Fsp3) is 1.00. The van der Waals surface area contributed by atoms with Crippen LogP contribution < -0.4 is 11.5 Å². The molecule has 0 rings (SSSR count). The summed E-state index contributed by atoms with van der Waals surface area (Å²) in [6.07, 6.45) is -0.180. The lowest BCUT2D eigenvalue weighted by Gasteiger charge is -2.15. The second kappa shape index (κ2) is 6.37. The van der Waals surface area contributed by atoms with Crippen molar-refractivity contribution in [1.29, 1.82) is 0 Å². The highest BCUT2D eigenvalue weighted by Gasteiger charge is 2.05. The van der Waals surface area contributed by atoms with Crippen molar-refractivity contribution in [3.05, 3.63) is 0 Å². The zero-order chi connectivity index (χ0) is 9.56. The van der Waals surface area contributed by atoms with E-state index in [1.807, 2.05) is 20.8 Å². The third kappa shape index (κ3) is 7.94. The minimum Gasteiger partial charge on any atom is -0.353 e. The van der Waals surface area contributed by atoms with Gasteiger partial charge in [0.2, 0.25) is 0 Å². The summed E-state index contributed by atoms with van der Waals surface area (Å²) in [5, 5.41) is 0. The number of rotatable bonds is 6. The van der Waals surface area contributed by atoms with E-state index in [9.17, 15) is 0 Å². The van der Waals surface area contributed by atoms with Crippen molar-refractivity contribution >= 4 is 0 Å². The lowest BCUT2D eigenvalue weighted by atomic mass is 10.4. The minimum absolute atomic E-state index is 0.0632. The Bertz CT molecular complexity index is 95.2. The molecule has 0 aliphatic heterocycles. The summed E-state index contributed by atoms with van der Waals surface area (Å²) < 4.78 is 10.6. The molecule has 12 heavy (non-hydrogen) atoms. The lowest BCUT2D eigenvalue weighted by Crippen LogP contribution is -2.61. The van der Waals surface area contributed by atoms with Crippen LogP contribution in [0.3, 0.4) is 0 Å². The molecule has 0 aromatic heterocycles. The second-order valence-electron chi connectivity index (χ2n) is 3.32. The van der Waals surface area contributed by atoms with Crippen LogP contribution in [0.15, 0.2) is 0 Å². The average Bonchev–Trinajstić information content (AvgIpc) is 1.96. The van der Waals surface area contributed by atoms with Crippen molar-refractivity contribution < 1.29 is 15.2 Å². The van der Waals surface area contributed by atoms with Gasteiger partial charge in [0.05, 0.1) is 6.61 Å². The van der Waals surface area contributed by atoms with Crippen LogP contribution in [0.25, 0.3) is 0 Å². The molecule has 0 spiro atoms. The smallest absolute Gasteiger partial charge is 0.155 e. The van der Waals surface area contributed by atoms with Crippen molar-refractivity contribution in [3.63, 3.8) is 0 Å². The summed E-state index contributed by atoms with van der Waals surface area (Å²) in [5.41, 5.74) is 9.30. The largest absolute Gasteiger partial charge is 0.353 e. The first-order chi connectivity index (χ1) is 5.52. The van der Waals surface area contributed by atoms with E-state index in [1.165, 1.54) is 0 Å². The van der Waals surface area contributed by atoms with Crippen LogP contribution in [0.4, 0.5) is 0 Å². The number of hydrogen-bond donors (Lipinski definition) is 2. The van der Waals surface area contributed by atoms with Crippen LogP contribution in [0.2, 0.25) is 0 Å². The summed E-state index contributed by atoms with van der Waals surface area (Å²) in [6.45, 7) is 6.92. The summed E-state index contributed by atoms with van der Waals surface area (Å²) in [4.78, 5) is 0. The molecule has 5 N–H and O–H groups in total. The highest BCUT2D eigenvalue weighted by atomic mass is 16.7. The third-order valence-electron chi connectivity index (χ3n) is 1.21. The highest BCUT2D eigenvalue weighted by Crippen LogP contribution is 1.94. The quantitative estimate of drug-likeness (QED) is 0.529. The molecule has 3 atom stereocenters. The van der Waals surface area contributed by atoms with Gasteiger partial charge in [-0.1, -0.05) is 0 Å². The Kier molecular flexibility index (Phi) is 6.28. The number of hydrogen-bond acceptors (Lipinski definition) is 3. The standard InChI is InChI=1S/C8H20N2O2/c1-6(9)4-11-8(3)12-5-7(2)10/h6-8H,4-5,9-10H2,1-3H3/p+1. The number of quaternary nitrogens is 1. The zero-order valence-corrected chi connectivity index (χ0v) is 8.25. The SMILES string of the molecule is CC(N)COC(C)OCC(C)[NH3+]. The van der Waals surface area contributed by atoms with Crippen molar-refractivity contribution in [3.8, 4) is 0 Å². The molecule has 0 saturated carbocycles. The molecular formula is C8H21N2O2+. The maximum Gasteiger partial charge on any atom is 0.155 e. The molecule has 0 aliphatic rings. The van der Waals surface area contributed by atoms with Gasteiger partial charge in [-0.3, -0.25) is 0 Å². The normalized spacial score (nSPS) is 18.8. The van der Waals surface area contributed by atoms with E-state index in [4.69, 9.17) is 15.2 Å². The molecule has 4 heteroatoms. The van der Waals surface area contributed by atoms with E-state index in [0.29, 0.717) is 19.3 Å². The molecule has 0 amide bonds. The molecular weight excluding hydrogens is 156 g/mol. The molecule has 3 unspecified atom stereocenters. The van der Waals surface area contributed by atoms with Gasteiger partial charge in [-0.05, 0) is 20.8 Å². The minimum atomic E-state index is -0.180. The van der Waals surface area contributed by atoms with E-state index >= 15 is 0 Å². The molecule has 4 nitrogen and oxygen atoms in total. The van der Waals surface area contributed by atoms with Gasteiger partial charge in [-0.2, -0.15) is 0 Å². The van der Waals surface area contributed by atoms with E-state index in [1.54, 1.807) is 0 Å². The summed E-state index contributed by atoms with van der Waals surface area (Å²) in [6, 6.07) is 0.361. The molecule has 0 bridgehead atoms. The predicted octanol–water partition coefficient (Wildman–Crippen LogP) is -0.657. The maximum absolute atomic E-state index is 5.50. The van der Waals surface area contributed by atoms with Gasteiger partial charge >= 0.3 is 0 Å². The molecule has 0 aromatic rings. The van der Waals surface area contributed by atoms with Crippen molar-refractivity contribution in [2.45, 2.75) is 39.1 Å². The van der Waals surface area contributed by atoms with Gasteiger partial charge in [-0.15, -0.1) is 0 Å². The first kappa shape index (κ1) is 11.8. The Morgan fingerprint density at radius 1 is 1.17 bits per heavy atom. The number of ether oxygens (including phenoxy) is 2. The Balaban J connectivity index is 3.27. The van der Waals surface area contributed by atoms with Crippen molar-refractivity contribution in [1.82, 2.24) is 0 Å². The Morgan fingerprint density at radius 3 is 2.08 bits per heavy atom. The predicted molar refractivity (Wildman–Crippen MR) is 47.4 cm³/mol. The molecule has 0 heterocycles. The van der Waals surface area contributed by atoms with Gasteiger partial charge in [0.25, 0.3) is 0 Å². The van der Waals surface area contributed by atoms with Crippen LogP contribution in [0.1, 0.15) is 20.8 Å². The van der Waals surface area contributed by atoms with Crippen LogP contribution in [0.5, 0.6) is 0 Å². The summed E-state index contributed by atoms with van der Waals surface area (Å²) in [5.74, 6) is 0. The summed E-state index contributed by atoms with van der Waals surface area (Å²) in [7, 11) is 0. The van der Waals surface area contributed by atoms with Crippen LogP contribution in [-0.4, -0.2) is 31.6 Å². The molecule has 0 fully saturated rings. The summed E-state index contributed by atoms with van der Waals surface area (Å²) >= 11 is 0. The van der Waals surface area contributed by atoms with Gasteiger partial charge in [0, 0.05) is 6.04 Å². The second-order valence-corrected chi connectivity index (χ2v) is 3.32. The Hall–Kier alpha value is -0.160. The maximum atomic E-state index is 5.50. The van der Waals surface area contributed by atoms with Crippen LogP contribution in [-0.2, 0) is 9.47 Å². The molecule has 74 valence electrons. The van der Waals surface area contributed by atoms with E-state index < -0.39 is 0 Å². The van der Waals surface area contributed by atoms with Gasteiger partial charge in [-0.25, -0.2) is 0 Å². The molecule has 0 radical (unpaired) electrons. The zero-order valence-electron chi connectivity index (χ0n) is 8.25. The average molecular weight is 177 g/mol. The van der Waals surface area contributed by atoms with E-state index in [-0.39, 0.29) is 12.3 Å². The van der Waals surface area contributed by atoms with Crippen LogP contribution >= 0.6 is 0 Å². The fourth-order valence-electron chi connectivity index (χ4n) is 0.635. The van der Waals surface area contributed by atoms with Crippen LogP contribution in [0, 0.1) is 0 Å². The molecule has 0 aromatic carbocycles. The first-order valence-corrected chi connectivity index (χ1v) is 4.34. The van der Waals surface area contributed by atoms with E-state index in [0.717, 1.165) is 0 Å². The molecule has 0 saturated heterocycles.